The molecule has 1 amide bonds. The number of carboxylic acid groups (broad SMARTS) is 1. The molecule has 0 radical (unpaired) electrons. The first-order valence-electron chi connectivity index (χ1n) is 6.42. The van der Waals surface area contributed by atoms with Crippen LogP contribution in [-0.4, -0.2) is 46.1 Å². The molecule has 1 heterocycles. The molecule has 0 saturated carbocycles. The van der Waals surface area contributed by atoms with Crippen LogP contribution in [0.25, 0.3) is 0 Å². The van der Waals surface area contributed by atoms with Gasteiger partial charge in [-0.2, -0.15) is 0 Å². The number of amides is 1. The maximum Gasteiger partial charge on any atom is 0.337 e. The summed E-state index contributed by atoms with van der Waals surface area (Å²) in [7, 11) is 0. The third-order valence-corrected chi connectivity index (χ3v) is 3.14. The number of rotatable bonds is 5. The van der Waals surface area contributed by atoms with E-state index in [1.807, 2.05) is 30.3 Å². The minimum atomic E-state index is -2.02. The first-order valence-corrected chi connectivity index (χ1v) is 6.42. The van der Waals surface area contributed by atoms with E-state index >= 15 is 0 Å². The molecule has 21 heavy (non-hydrogen) atoms. The summed E-state index contributed by atoms with van der Waals surface area (Å²) >= 11 is 0. The molecule has 112 valence electrons. The van der Waals surface area contributed by atoms with Crippen molar-refractivity contribution in [2.75, 3.05) is 6.54 Å². The van der Waals surface area contributed by atoms with E-state index in [1.165, 1.54) is 0 Å². The number of benzene rings is 1. The summed E-state index contributed by atoms with van der Waals surface area (Å²) in [6.07, 6.45) is -0.518. The minimum absolute atomic E-state index is 0.297. The van der Waals surface area contributed by atoms with Gasteiger partial charge < -0.3 is 20.4 Å². The Kier molecular flexibility index (Phi) is 4.23. The number of hydrogen-bond acceptors (Lipinski definition) is 5. The molecule has 7 heteroatoms. The van der Waals surface area contributed by atoms with Crippen molar-refractivity contribution >= 4 is 17.6 Å². The standard InChI is InChI=1S/C14H16N2O5/c1-14(20,13(18)19)8-15-12(17)11-7-10(16-21-11)9-5-3-2-4-6-9/h2-6,11,20H,7-8H2,1H3,(H,15,17)(H,18,19). The summed E-state index contributed by atoms with van der Waals surface area (Å²) in [5, 5.41) is 24.5. The monoisotopic (exact) mass is 292 g/mol. The van der Waals surface area contributed by atoms with Crippen molar-refractivity contribution in [2.45, 2.75) is 25.0 Å². The predicted molar refractivity (Wildman–Crippen MR) is 73.7 cm³/mol. The van der Waals surface area contributed by atoms with Gasteiger partial charge >= 0.3 is 5.97 Å². The van der Waals surface area contributed by atoms with Crippen molar-refractivity contribution in [3.05, 3.63) is 35.9 Å². The smallest absolute Gasteiger partial charge is 0.337 e. The van der Waals surface area contributed by atoms with Crippen LogP contribution in [0, 0.1) is 0 Å². The summed E-state index contributed by atoms with van der Waals surface area (Å²) in [5.41, 5.74) is -0.497. The Hall–Kier alpha value is -2.41. The fraction of sp³-hybridized carbons (Fsp3) is 0.357. The fourth-order valence-corrected chi connectivity index (χ4v) is 1.77. The molecule has 3 N–H and O–H groups in total. The topological polar surface area (TPSA) is 108 Å². The molecule has 2 unspecified atom stereocenters. The molecular weight excluding hydrogens is 276 g/mol. The van der Waals surface area contributed by atoms with E-state index in [0.717, 1.165) is 12.5 Å². The Morgan fingerprint density at radius 2 is 2.10 bits per heavy atom. The number of aliphatic hydroxyl groups is 1. The number of hydrogen-bond donors (Lipinski definition) is 3. The van der Waals surface area contributed by atoms with E-state index in [0.29, 0.717) is 12.1 Å². The van der Waals surface area contributed by atoms with E-state index in [1.54, 1.807) is 0 Å². The molecule has 0 fully saturated rings. The molecule has 1 aliphatic heterocycles. The van der Waals surface area contributed by atoms with Crippen molar-refractivity contribution in [1.82, 2.24) is 5.32 Å². The Morgan fingerprint density at radius 3 is 2.71 bits per heavy atom. The maximum atomic E-state index is 11.9. The lowest BCUT2D eigenvalue weighted by Crippen LogP contribution is -2.48. The highest BCUT2D eigenvalue weighted by atomic mass is 16.6. The number of aliphatic carboxylic acids is 1. The van der Waals surface area contributed by atoms with Gasteiger partial charge in [0.15, 0.2) is 5.60 Å². The number of carbonyl (C=O) groups excluding carboxylic acids is 1. The van der Waals surface area contributed by atoms with E-state index in [9.17, 15) is 14.7 Å². The van der Waals surface area contributed by atoms with Gasteiger partial charge in [-0.3, -0.25) is 4.79 Å². The Bertz CT molecular complexity index is 568. The van der Waals surface area contributed by atoms with Gasteiger partial charge in [0.2, 0.25) is 6.10 Å². The highest BCUT2D eigenvalue weighted by Gasteiger charge is 2.33. The second kappa shape index (κ2) is 5.92. The van der Waals surface area contributed by atoms with Gasteiger partial charge in [0.1, 0.15) is 0 Å². The van der Waals surface area contributed by atoms with Crippen LogP contribution >= 0.6 is 0 Å². The lowest BCUT2D eigenvalue weighted by Gasteiger charge is -2.19. The number of carbonyl (C=O) groups is 2. The van der Waals surface area contributed by atoms with Crippen LogP contribution in [0.1, 0.15) is 18.9 Å². The van der Waals surface area contributed by atoms with Gasteiger partial charge in [-0.25, -0.2) is 4.79 Å². The molecule has 7 nitrogen and oxygen atoms in total. The van der Waals surface area contributed by atoms with Crippen LogP contribution < -0.4 is 5.32 Å². The second-order valence-electron chi connectivity index (χ2n) is 5.00. The zero-order valence-corrected chi connectivity index (χ0v) is 11.4. The average Bonchev–Trinajstić information content (AvgIpc) is 2.95. The molecule has 0 saturated heterocycles. The summed E-state index contributed by atoms with van der Waals surface area (Å²) in [6, 6.07) is 9.30. The average molecular weight is 292 g/mol. The SMILES string of the molecule is CC(O)(CNC(=O)C1CC(c2ccccc2)=NO1)C(=O)O. The molecule has 1 aromatic rings. The van der Waals surface area contributed by atoms with Gasteiger partial charge in [0, 0.05) is 6.42 Å². The zero-order chi connectivity index (χ0) is 15.5. The van der Waals surface area contributed by atoms with Crippen LogP contribution in [-0.2, 0) is 14.4 Å². The van der Waals surface area contributed by atoms with Crippen LogP contribution in [0.15, 0.2) is 35.5 Å². The second-order valence-corrected chi connectivity index (χ2v) is 5.00. The molecule has 2 rings (SSSR count). The van der Waals surface area contributed by atoms with Crippen LogP contribution in [0.4, 0.5) is 0 Å². The predicted octanol–water partition coefficient (Wildman–Crippen LogP) is 0.131. The van der Waals surface area contributed by atoms with Gasteiger partial charge in [-0.05, 0) is 12.5 Å². The first-order chi connectivity index (χ1) is 9.90. The summed E-state index contributed by atoms with van der Waals surface area (Å²) in [5.74, 6) is -1.91. The van der Waals surface area contributed by atoms with Crippen molar-refractivity contribution < 1.29 is 24.6 Å². The Balaban J connectivity index is 1.89. The highest BCUT2D eigenvalue weighted by molar-refractivity contribution is 6.04. The Labute approximate surface area is 121 Å². The number of carboxylic acids is 1. The largest absolute Gasteiger partial charge is 0.479 e. The van der Waals surface area contributed by atoms with E-state index in [-0.39, 0.29) is 0 Å². The highest BCUT2D eigenvalue weighted by Crippen LogP contribution is 2.16. The van der Waals surface area contributed by atoms with Crippen molar-refractivity contribution in [3.63, 3.8) is 0 Å². The molecule has 0 spiro atoms. The fourth-order valence-electron chi connectivity index (χ4n) is 1.77. The number of nitrogens with one attached hydrogen (secondary N) is 1. The third-order valence-electron chi connectivity index (χ3n) is 3.14. The van der Waals surface area contributed by atoms with E-state index in [2.05, 4.69) is 10.5 Å². The van der Waals surface area contributed by atoms with Gasteiger partial charge in [0.05, 0.1) is 12.3 Å². The quantitative estimate of drug-likeness (QED) is 0.715. The number of nitrogens with zero attached hydrogens (tertiary/aromatic N) is 1. The summed E-state index contributed by atoms with van der Waals surface area (Å²) < 4.78 is 0. The lowest BCUT2D eigenvalue weighted by atomic mass is 10.0. The van der Waals surface area contributed by atoms with Crippen molar-refractivity contribution in [2.24, 2.45) is 5.16 Å². The third kappa shape index (κ3) is 3.57. The normalized spacial score (nSPS) is 20.1. The van der Waals surface area contributed by atoms with E-state index < -0.39 is 30.1 Å². The van der Waals surface area contributed by atoms with Crippen molar-refractivity contribution in [1.29, 1.82) is 0 Å². The van der Waals surface area contributed by atoms with Crippen LogP contribution in [0.5, 0.6) is 0 Å². The van der Waals surface area contributed by atoms with E-state index in [4.69, 9.17) is 9.94 Å². The molecular formula is C14H16N2O5. The van der Waals surface area contributed by atoms with Crippen LogP contribution in [0.3, 0.4) is 0 Å². The van der Waals surface area contributed by atoms with Crippen LogP contribution in [0.2, 0.25) is 0 Å². The first kappa shape index (κ1) is 15.0. The van der Waals surface area contributed by atoms with Gasteiger partial charge in [-0.1, -0.05) is 35.5 Å². The lowest BCUT2D eigenvalue weighted by molar-refractivity contribution is -0.156. The molecule has 0 bridgehead atoms. The summed E-state index contributed by atoms with van der Waals surface area (Å²) in [6.45, 7) is 0.707. The van der Waals surface area contributed by atoms with Gasteiger partial charge in [-0.15, -0.1) is 0 Å². The molecule has 2 atom stereocenters. The molecule has 1 aliphatic rings. The zero-order valence-electron chi connectivity index (χ0n) is 11.4. The summed E-state index contributed by atoms with van der Waals surface area (Å²) in [4.78, 5) is 27.7. The Morgan fingerprint density at radius 1 is 1.43 bits per heavy atom. The van der Waals surface area contributed by atoms with Gasteiger partial charge in [0.25, 0.3) is 5.91 Å². The number of oxime groups is 1. The maximum absolute atomic E-state index is 11.9. The minimum Gasteiger partial charge on any atom is -0.479 e. The molecule has 0 aromatic heterocycles. The molecule has 1 aromatic carbocycles. The van der Waals surface area contributed by atoms with Crippen molar-refractivity contribution in [3.8, 4) is 0 Å². The molecule has 0 aliphatic carbocycles.